The van der Waals surface area contributed by atoms with Gasteiger partial charge in [-0.2, -0.15) is 0 Å². The highest BCUT2D eigenvalue weighted by Crippen LogP contribution is 2.13. The maximum absolute atomic E-state index is 9.75. The first-order valence-electron chi connectivity index (χ1n) is 2.24. The molecular formula is C3H8O5P+. The average molecular weight is 155 g/mol. The second kappa shape index (κ2) is 4.78. The minimum atomic E-state index is -2.66. The summed E-state index contributed by atoms with van der Waals surface area (Å²) in [7, 11) is -2.66. The highest BCUT2D eigenvalue weighted by atomic mass is 31.1. The fraction of sp³-hybridized carbons (Fsp3) is 1.00. The molecule has 0 rings (SSSR count). The number of rotatable bonds is 4. The van der Waals surface area contributed by atoms with Gasteiger partial charge in [0.05, 0.1) is 6.61 Å². The van der Waals surface area contributed by atoms with Crippen LogP contribution in [0.3, 0.4) is 0 Å². The van der Waals surface area contributed by atoms with Crippen molar-refractivity contribution in [3.63, 3.8) is 0 Å². The van der Waals surface area contributed by atoms with Gasteiger partial charge in [0, 0.05) is 4.57 Å². The van der Waals surface area contributed by atoms with Crippen LogP contribution in [0, 0.1) is 0 Å². The third-order valence-electron chi connectivity index (χ3n) is 0.588. The molecule has 0 aliphatic rings. The van der Waals surface area contributed by atoms with Crippen LogP contribution in [0.25, 0.3) is 0 Å². The van der Waals surface area contributed by atoms with Gasteiger partial charge >= 0.3 is 8.25 Å². The second-order valence-corrected chi connectivity index (χ2v) is 2.10. The SMILES string of the molecule is O=[P+](O)OCC(O)CO. The smallest absolute Gasteiger partial charge is 0.394 e. The molecule has 0 aromatic rings. The van der Waals surface area contributed by atoms with Gasteiger partial charge < -0.3 is 10.2 Å². The van der Waals surface area contributed by atoms with Gasteiger partial charge in [-0.1, -0.05) is 0 Å². The Bertz CT molecular complexity index is 94.2. The molecule has 0 aliphatic heterocycles. The van der Waals surface area contributed by atoms with Gasteiger partial charge in [0.15, 0.2) is 0 Å². The first kappa shape index (κ1) is 8.94. The largest absolute Gasteiger partial charge is 0.694 e. The Morgan fingerprint density at radius 2 is 2.22 bits per heavy atom. The predicted octanol–water partition coefficient (Wildman–Crippen LogP) is -0.994. The van der Waals surface area contributed by atoms with Crippen LogP contribution in [-0.2, 0) is 9.09 Å². The third-order valence-corrected chi connectivity index (χ3v) is 0.958. The van der Waals surface area contributed by atoms with E-state index in [1.165, 1.54) is 0 Å². The molecule has 0 amide bonds. The zero-order valence-electron chi connectivity index (χ0n) is 4.60. The second-order valence-electron chi connectivity index (χ2n) is 1.37. The van der Waals surface area contributed by atoms with E-state index in [2.05, 4.69) is 4.52 Å². The van der Waals surface area contributed by atoms with Crippen LogP contribution >= 0.6 is 8.25 Å². The van der Waals surface area contributed by atoms with E-state index in [1.54, 1.807) is 0 Å². The monoisotopic (exact) mass is 155 g/mol. The van der Waals surface area contributed by atoms with Gasteiger partial charge in [0.25, 0.3) is 0 Å². The van der Waals surface area contributed by atoms with Crippen LogP contribution in [0.4, 0.5) is 0 Å². The molecule has 0 heterocycles. The molecule has 0 aromatic carbocycles. The van der Waals surface area contributed by atoms with Crippen molar-refractivity contribution in [2.45, 2.75) is 6.10 Å². The number of hydrogen-bond donors (Lipinski definition) is 3. The summed E-state index contributed by atoms with van der Waals surface area (Å²) in [5.41, 5.74) is 0. The maximum Gasteiger partial charge on any atom is 0.694 e. The molecule has 9 heavy (non-hydrogen) atoms. The van der Waals surface area contributed by atoms with Crippen molar-refractivity contribution < 1.29 is 24.2 Å². The Hall–Kier alpha value is -0.0600. The Balaban J connectivity index is 3.16. The third kappa shape index (κ3) is 5.82. The van der Waals surface area contributed by atoms with Gasteiger partial charge in [-0.15, -0.1) is 9.42 Å². The Kier molecular flexibility index (Phi) is 4.75. The average Bonchev–Trinajstić information content (AvgIpc) is 1.83. The zero-order chi connectivity index (χ0) is 7.28. The summed E-state index contributed by atoms with van der Waals surface area (Å²) in [5.74, 6) is 0. The van der Waals surface area contributed by atoms with Crippen molar-refractivity contribution in [1.29, 1.82) is 0 Å². The summed E-state index contributed by atoms with van der Waals surface area (Å²) in [6.45, 7) is -0.786. The molecule has 2 unspecified atom stereocenters. The van der Waals surface area contributed by atoms with E-state index in [0.29, 0.717) is 0 Å². The topological polar surface area (TPSA) is 87.0 Å². The highest BCUT2D eigenvalue weighted by molar-refractivity contribution is 7.32. The van der Waals surface area contributed by atoms with E-state index in [-0.39, 0.29) is 6.61 Å². The van der Waals surface area contributed by atoms with Crippen molar-refractivity contribution in [2.75, 3.05) is 13.2 Å². The molecular weight excluding hydrogens is 147 g/mol. The molecule has 5 nitrogen and oxygen atoms in total. The number of aliphatic hydroxyl groups excluding tert-OH is 2. The van der Waals surface area contributed by atoms with Crippen LogP contribution in [0.2, 0.25) is 0 Å². The minimum Gasteiger partial charge on any atom is -0.394 e. The van der Waals surface area contributed by atoms with E-state index in [1.807, 2.05) is 0 Å². The Morgan fingerprint density at radius 1 is 1.67 bits per heavy atom. The summed E-state index contributed by atoms with van der Waals surface area (Å²) in [6.07, 6.45) is -1.07. The predicted molar refractivity (Wildman–Crippen MR) is 28.9 cm³/mol. The van der Waals surface area contributed by atoms with Crippen molar-refractivity contribution in [3.8, 4) is 0 Å². The van der Waals surface area contributed by atoms with E-state index < -0.39 is 21.0 Å². The summed E-state index contributed by atoms with van der Waals surface area (Å²) in [4.78, 5) is 7.99. The summed E-state index contributed by atoms with van der Waals surface area (Å²) in [5, 5.41) is 16.6. The summed E-state index contributed by atoms with van der Waals surface area (Å²) < 4.78 is 13.8. The van der Waals surface area contributed by atoms with Crippen molar-refractivity contribution in [3.05, 3.63) is 0 Å². The van der Waals surface area contributed by atoms with Crippen LogP contribution in [0.15, 0.2) is 0 Å². The molecule has 0 fully saturated rings. The van der Waals surface area contributed by atoms with Crippen LogP contribution < -0.4 is 0 Å². The molecule has 0 spiro atoms. The number of aliphatic hydroxyl groups is 2. The normalized spacial score (nSPS) is 15.2. The molecule has 0 saturated carbocycles. The lowest BCUT2D eigenvalue weighted by Crippen LogP contribution is -2.17. The van der Waals surface area contributed by atoms with Crippen molar-refractivity contribution in [2.24, 2.45) is 0 Å². The van der Waals surface area contributed by atoms with E-state index >= 15 is 0 Å². The fourth-order valence-electron chi connectivity index (χ4n) is 0.203. The summed E-state index contributed by atoms with van der Waals surface area (Å²) in [6, 6.07) is 0. The Labute approximate surface area is 52.8 Å². The first-order valence-corrected chi connectivity index (χ1v) is 3.38. The van der Waals surface area contributed by atoms with Crippen molar-refractivity contribution in [1.82, 2.24) is 0 Å². The lowest BCUT2D eigenvalue weighted by molar-refractivity contribution is 0.0525. The van der Waals surface area contributed by atoms with E-state index in [9.17, 15) is 4.57 Å². The van der Waals surface area contributed by atoms with Gasteiger partial charge in [0.2, 0.25) is 0 Å². The molecule has 6 heteroatoms. The van der Waals surface area contributed by atoms with E-state index in [4.69, 9.17) is 15.1 Å². The maximum atomic E-state index is 9.75. The Morgan fingerprint density at radius 3 is 2.56 bits per heavy atom. The highest BCUT2D eigenvalue weighted by Gasteiger charge is 2.14. The minimum absolute atomic E-state index is 0.317. The van der Waals surface area contributed by atoms with Crippen LogP contribution in [0.1, 0.15) is 0 Å². The number of hydrogen-bond acceptors (Lipinski definition) is 4. The molecule has 0 aromatic heterocycles. The molecule has 0 aliphatic carbocycles. The lowest BCUT2D eigenvalue weighted by Gasteiger charge is -1.97. The van der Waals surface area contributed by atoms with Crippen LogP contribution in [0.5, 0.6) is 0 Å². The van der Waals surface area contributed by atoms with Crippen molar-refractivity contribution >= 4 is 8.25 Å². The molecule has 0 radical (unpaired) electrons. The molecule has 54 valence electrons. The first-order chi connectivity index (χ1) is 4.16. The zero-order valence-corrected chi connectivity index (χ0v) is 5.49. The molecule has 0 bridgehead atoms. The molecule has 0 saturated heterocycles. The standard InChI is InChI=1S/C3H7O5P/c4-1-3(5)2-8-9(6)7/h3-5H,1-2H2/p+1. The van der Waals surface area contributed by atoms with E-state index in [0.717, 1.165) is 0 Å². The molecule has 2 atom stereocenters. The molecule has 3 N–H and O–H groups in total. The fourth-order valence-corrected chi connectivity index (χ4v) is 0.502. The quantitative estimate of drug-likeness (QED) is 0.453. The summed E-state index contributed by atoms with van der Waals surface area (Å²) >= 11 is 0. The van der Waals surface area contributed by atoms with Crippen LogP contribution in [-0.4, -0.2) is 34.4 Å². The van der Waals surface area contributed by atoms with Gasteiger partial charge in [-0.25, -0.2) is 0 Å². The lowest BCUT2D eigenvalue weighted by atomic mass is 10.4. The van der Waals surface area contributed by atoms with Gasteiger partial charge in [-0.05, 0) is 0 Å². The van der Waals surface area contributed by atoms with Gasteiger partial charge in [0.1, 0.15) is 12.7 Å². The van der Waals surface area contributed by atoms with Gasteiger partial charge in [-0.3, -0.25) is 0 Å².